The molecule has 1 rings (SSSR count). The lowest BCUT2D eigenvalue weighted by molar-refractivity contribution is -0.161. The van der Waals surface area contributed by atoms with Crippen molar-refractivity contribution in [2.45, 2.75) is 39.5 Å². The normalized spacial score (nSPS) is 11.0. The maximum absolute atomic E-state index is 11.8. The molecule has 0 aliphatic rings. The quantitative estimate of drug-likeness (QED) is 0.285. The van der Waals surface area contributed by atoms with Gasteiger partial charge in [-0.1, -0.05) is 18.2 Å². The first-order valence-electron chi connectivity index (χ1n) is 7.69. The molecule has 0 amide bonds. The molecule has 1 heterocycles. The highest BCUT2D eigenvalue weighted by atomic mass is 32.1. The highest BCUT2D eigenvalue weighted by Crippen LogP contribution is 2.13. The van der Waals surface area contributed by atoms with Crippen molar-refractivity contribution in [3.05, 3.63) is 34.5 Å². The molecule has 122 valence electrons. The largest absolute Gasteiger partial charge is 0.465 e. The Morgan fingerprint density at radius 1 is 1.18 bits per heavy atom. The van der Waals surface area contributed by atoms with E-state index in [-0.39, 0.29) is 13.2 Å². The topological polar surface area (TPSA) is 52.6 Å². The third-order valence-electron chi connectivity index (χ3n) is 3.05. The van der Waals surface area contributed by atoms with E-state index in [2.05, 4.69) is 17.5 Å². The molecule has 0 unspecified atom stereocenters. The molecule has 0 spiro atoms. The predicted molar refractivity (Wildman–Crippen MR) is 87.8 cm³/mol. The number of carbonyl (C=O) groups excluding carboxylic acids is 2. The smallest absolute Gasteiger partial charge is 0.320 e. The number of allylic oxidation sites excluding steroid dienone is 2. The molecular weight excluding hydrogens is 300 g/mol. The molecule has 22 heavy (non-hydrogen) atoms. The average molecular weight is 324 g/mol. The summed E-state index contributed by atoms with van der Waals surface area (Å²) >= 11 is 1.76. The van der Waals surface area contributed by atoms with Crippen molar-refractivity contribution < 1.29 is 19.1 Å². The summed E-state index contributed by atoms with van der Waals surface area (Å²) < 4.78 is 9.85. The van der Waals surface area contributed by atoms with E-state index in [1.807, 2.05) is 12.2 Å². The summed E-state index contributed by atoms with van der Waals surface area (Å²) in [5.41, 5.74) is 0. The summed E-state index contributed by atoms with van der Waals surface area (Å²) in [6.45, 7) is 3.97. The molecule has 0 aliphatic heterocycles. The molecule has 0 N–H and O–H groups in total. The van der Waals surface area contributed by atoms with Crippen LogP contribution in [0.1, 0.15) is 38.0 Å². The van der Waals surface area contributed by atoms with Gasteiger partial charge in [0.1, 0.15) is 0 Å². The Kier molecular flexibility index (Phi) is 9.23. The highest BCUT2D eigenvalue weighted by molar-refractivity contribution is 7.09. The summed E-state index contributed by atoms with van der Waals surface area (Å²) in [6.07, 6.45) is 7.25. The van der Waals surface area contributed by atoms with E-state index in [0.717, 1.165) is 19.3 Å². The number of hydrogen-bond donors (Lipinski definition) is 0. The van der Waals surface area contributed by atoms with Gasteiger partial charge in [-0.3, -0.25) is 9.59 Å². The molecule has 0 aliphatic carbocycles. The Hall–Kier alpha value is -1.62. The second-order valence-corrected chi connectivity index (χ2v) is 5.77. The molecular formula is C17H24O4S. The first kappa shape index (κ1) is 18.4. The molecule has 0 fully saturated rings. The number of aryl methyl sites for hydroxylation is 1. The molecule has 0 saturated heterocycles. The van der Waals surface area contributed by atoms with Crippen molar-refractivity contribution >= 4 is 23.3 Å². The Bertz CT molecular complexity index is 447. The SMILES string of the molecule is CCOC(=O)C(C/C=C/CCCc1cccs1)C(=O)OCC. The fourth-order valence-corrected chi connectivity index (χ4v) is 2.72. The van der Waals surface area contributed by atoms with Crippen molar-refractivity contribution in [1.29, 1.82) is 0 Å². The van der Waals surface area contributed by atoms with E-state index < -0.39 is 17.9 Å². The number of carbonyl (C=O) groups is 2. The van der Waals surface area contributed by atoms with E-state index in [4.69, 9.17) is 9.47 Å². The average Bonchev–Trinajstić information content (AvgIpc) is 3.00. The number of thiophene rings is 1. The van der Waals surface area contributed by atoms with E-state index >= 15 is 0 Å². The van der Waals surface area contributed by atoms with Gasteiger partial charge < -0.3 is 9.47 Å². The van der Waals surface area contributed by atoms with Gasteiger partial charge in [0, 0.05) is 4.88 Å². The van der Waals surface area contributed by atoms with Gasteiger partial charge in [-0.05, 0) is 51.0 Å². The lowest BCUT2D eigenvalue weighted by Gasteiger charge is -2.12. The Labute approximate surface area is 136 Å². The van der Waals surface area contributed by atoms with Gasteiger partial charge in [-0.15, -0.1) is 11.3 Å². The fraction of sp³-hybridized carbons (Fsp3) is 0.529. The molecule has 0 radical (unpaired) electrons. The highest BCUT2D eigenvalue weighted by Gasteiger charge is 2.27. The maximum atomic E-state index is 11.8. The lowest BCUT2D eigenvalue weighted by atomic mass is 10.1. The molecule has 1 aromatic heterocycles. The van der Waals surface area contributed by atoms with Gasteiger partial charge in [0.25, 0.3) is 0 Å². The van der Waals surface area contributed by atoms with Crippen LogP contribution in [0, 0.1) is 5.92 Å². The Morgan fingerprint density at radius 2 is 1.86 bits per heavy atom. The zero-order valence-electron chi connectivity index (χ0n) is 13.2. The van der Waals surface area contributed by atoms with E-state index in [1.165, 1.54) is 4.88 Å². The van der Waals surface area contributed by atoms with Crippen LogP contribution in [0.15, 0.2) is 29.7 Å². The van der Waals surface area contributed by atoms with Gasteiger partial charge in [-0.25, -0.2) is 0 Å². The molecule has 0 saturated carbocycles. The number of hydrogen-bond acceptors (Lipinski definition) is 5. The molecule has 0 atom stereocenters. The van der Waals surface area contributed by atoms with Gasteiger partial charge in [0.15, 0.2) is 5.92 Å². The van der Waals surface area contributed by atoms with Crippen LogP contribution in [-0.2, 0) is 25.5 Å². The van der Waals surface area contributed by atoms with E-state index in [1.54, 1.807) is 25.2 Å². The summed E-state index contributed by atoms with van der Waals surface area (Å²) in [6, 6.07) is 4.19. The molecule has 5 heteroatoms. The Balaban J connectivity index is 2.36. The number of rotatable bonds is 10. The number of unbranched alkanes of at least 4 members (excludes halogenated alkanes) is 1. The second-order valence-electron chi connectivity index (χ2n) is 4.74. The van der Waals surface area contributed by atoms with Gasteiger partial charge in [0.2, 0.25) is 0 Å². The predicted octanol–water partition coefficient (Wildman–Crippen LogP) is 3.76. The number of esters is 2. The minimum absolute atomic E-state index is 0.263. The van der Waals surface area contributed by atoms with Crippen LogP contribution in [0.4, 0.5) is 0 Å². The minimum atomic E-state index is -0.853. The lowest BCUT2D eigenvalue weighted by Crippen LogP contribution is -2.27. The van der Waals surface area contributed by atoms with Gasteiger partial charge >= 0.3 is 11.9 Å². The van der Waals surface area contributed by atoms with Crippen LogP contribution in [0.25, 0.3) is 0 Å². The molecule has 1 aromatic rings. The molecule has 0 aromatic carbocycles. The van der Waals surface area contributed by atoms with Crippen LogP contribution in [0.2, 0.25) is 0 Å². The van der Waals surface area contributed by atoms with Crippen LogP contribution in [0.3, 0.4) is 0 Å². The zero-order valence-corrected chi connectivity index (χ0v) is 14.1. The first-order valence-corrected chi connectivity index (χ1v) is 8.57. The third-order valence-corrected chi connectivity index (χ3v) is 3.99. The van der Waals surface area contributed by atoms with E-state index in [9.17, 15) is 9.59 Å². The zero-order chi connectivity index (χ0) is 16.2. The van der Waals surface area contributed by atoms with Crippen molar-refractivity contribution in [3.63, 3.8) is 0 Å². The van der Waals surface area contributed by atoms with Crippen molar-refractivity contribution in [1.82, 2.24) is 0 Å². The van der Waals surface area contributed by atoms with Crippen LogP contribution >= 0.6 is 11.3 Å². The van der Waals surface area contributed by atoms with Crippen molar-refractivity contribution in [2.24, 2.45) is 5.92 Å². The van der Waals surface area contributed by atoms with Gasteiger partial charge in [0.05, 0.1) is 13.2 Å². The standard InChI is InChI=1S/C17H24O4S/c1-3-20-16(18)15(17(19)21-4-2)12-8-6-5-7-10-14-11-9-13-22-14/h6,8-9,11,13,15H,3-5,7,10,12H2,1-2H3/b8-6+. The fourth-order valence-electron chi connectivity index (χ4n) is 1.97. The Morgan fingerprint density at radius 3 is 2.41 bits per heavy atom. The second kappa shape index (κ2) is 11.0. The van der Waals surface area contributed by atoms with Crippen molar-refractivity contribution in [3.8, 4) is 0 Å². The maximum Gasteiger partial charge on any atom is 0.320 e. The first-order chi connectivity index (χ1) is 10.7. The van der Waals surface area contributed by atoms with Crippen LogP contribution < -0.4 is 0 Å². The summed E-state index contributed by atoms with van der Waals surface area (Å²) in [5.74, 6) is -1.87. The van der Waals surface area contributed by atoms with E-state index in [0.29, 0.717) is 6.42 Å². The minimum Gasteiger partial charge on any atom is -0.465 e. The monoisotopic (exact) mass is 324 g/mol. The van der Waals surface area contributed by atoms with Crippen molar-refractivity contribution in [2.75, 3.05) is 13.2 Å². The summed E-state index contributed by atoms with van der Waals surface area (Å²) in [7, 11) is 0. The summed E-state index contributed by atoms with van der Waals surface area (Å²) in [4.78, 5) is 24.9. The third kappa shape index (κ3) is 6.89. The van der Waals surface area contributed by atoms with Crippen LogP contribution in [-0.4, -0.2) is 25.2 Å². The molecule has 4 nitrogen and oxygen atoms in total. The number of ether oxygens (including phenoxy) is 2. The molecule has 0 bridgehead atoms. The van der Waals surface area contributed by atoms with Gasteiger partial charge in [-0.2, -0.15) is 0 Å². The van der Waals surface area contributed by atoms with Crippen LogP contribution in [0.5, 0.6) is 0 Å². The summed E-state index contributed by atoms with van der Waals surface area (Å²) in [5, 5.41) is 2.08.